The van der Waals surface area contributed by atoms with Gasteiger partial charge >= 0.3 is 5.69 Å². The number of nitrogens with zero attached hydrogens (tertiary/aromatic N) is 2. The Hall–Kier alpha value is -1.44. The van der Waals surface area contributed by atoms with Gasteiger partial charge in [0.05, 0.1) is 12.2 Å². The largest absolute Gasteiger partial charge is 0.391 e. The molecule has 2 heterocycles. The molecule has 7 nitrogen and oxygen atoms in total. The minimum Gasteiger partial charge on any atom is -0.391 e. The summed E-state index contributed by atoms with van der Waals surface area (Å²) in [7, 11) is 0. The van der Waals surface area contributed by atoms with Crippen LogP contribution in [0.3, 0.4) is 0 Å². The van der Waals surface area contributed by atoms with Gasteiger partial charge in [0.15, 0.2) is 5.72 Å². The number of aromatic nitrogens is 2. The van der Waals surface area contributed by atoms with Crippen LogP contribution in [0.2, 0.25) is 0 Å². The molecule has 0 aromatic carbocycles. The third kappa shape index (κ3) is 2.00. The molecular weight excluding hydrogens is 238 g/mol. The second kappa shape index (κ2) is 4.34. The number of hydrogen-bond donors (Lipinski definition) is 3. The molecule has 1 aromatic heterocycles. The van der Waals surface area contributed by atoms with Crippen LogP contribution in [-0.2, 0) is 10.5 Å². The summed E-state index contributed by atoms with van der Waals surface area (Å²) in [6.45, 7) is 3.16. The van der Waals surface area contributed by atoms with E-state index in [1.807, 2.05) is 0 Å². The van der Waals surface area contributed by atoms with Crippen LogP contribution in [0.25, 0.3) is 0 Å². The zero-order chi connectivity index (χ0) is 13.5. The van der Waals surface area contributed by atoms with E-state index in [0.717, 1.165) is 0 Å². The Labute approximate surface area is 104 Å². The zero-order valence-corrected chi connectivity index (χ0v) is 10.3. The molecule has 0 saturated carbocycles. The van der Waals surface area contributed by atoms with Crippen molar-refractivity contribution in [2.75, 3.05) is 5.73 Å². The summed E-state index contributed by atoms with van der Waals surface area (Å²) in [6.07, 6.45) is -0.461. The van der Waals surface area contributed by atoms with Crippen molar-refractivity contribution in [2.45, 2.75) is 44.3 Å². The van der Waals surface area contributed by atoms with Crippen LogP contribution < -0.4 is 11.4 Å². The normalized spacial score (nSPS) is 33.6. The highest BCUT2D eigenvalue weighted by Crippen LogP contribution is 2.35. The summed E-state index contributed by atoms with van der Waals surface area (Å²) in [5, 5.41) is 19.6. The molecule has 1 aromatic rings. The van der Waals surface area contributed by atoms with Gasteiger partial charge in [-0.05, 0) is 19.9 Å². The third-order valence-electron chi connectivity index (χ3n) is 3.31. The summed E-state index contributed by atoms with van der Waals surface area (Å²) >= 11 is 0. The number of nitrogens with two attached hydrogens (primary N) is 1. The summed E-state index contributed by atoms with van der Waals surface area (Å²) < 4.78 is 6.80. The first-order chi connectivity index (χ1) is 8.34. The van der Waals surface area contributed by atoms with Crippen molar-refractivity contribution < 1.29 is 14.9 Å². The van der Waals surface area contributed by atoms with Gasteiger partial charge in [-0.3, -0.25) is 4.57 Å². The fraction of sp³-hybridized carbons (Fsp3) is 0.636. The number of hydrogen-bond acceptors (Lipinski definition) is 6. The predicted molar refractivity (Wildman–Crippen MR) is 63.7 cm³/mol. The van der Waals surface area contributed by atoms with Gasteiger partial charge in [0.1, 0.15) is 11.9 Å². The Morgan fingerprint density at radius 3 is 2.89 bits per heavy atom. The standard InChI is InChI=1S/C11H17N3O4/c1-6(15)7-5-8(16)11(2,18-7)14-4-3-9(12)13-10(14)17/h3-4,6-8,15-16H,5H2,1-2H3,(H2,12,13,17). The highest BCUT2D eigenvalue weighted by atomic mass is 16.6. The predicted octanol–water partition coefficient (Wildman–Crippen LogP) is -0.971. The van der Waals surface area contributed by atoms with E-state index in [0.29, 0.717) is 0 Å². The fourth-order valence-corrected chi connectivity index (χ4v) is 2.14. The fourth-order valence-electron chi connectivity index (χ4n) is 2.14. The molecule has 0 bridgehead atoms. The number of aliphatic hydroxyl groups is 2. The maximum atomic E-state index is 11.8. The molecule has 1 aliphatic rings. The molecule has 0 spiro atoms. The SMILES string of the molecule is CC(O)C1CC(O)C(C)(n2ccc(N)nc2=O)O1. The van der Waals surface area contributed by atoms with E-state index in [-0.39, 0.29) is 12.2 Å². The topological polar surface area (TPSA) is 111 Å². The number of anilines is 1. The monoisotopic (exact) mass is 255 g/mol. The Kier molecular flexibility index (Phi) is 3.14. The molecule has 2 rings (SSSR count). The van der Waals surface area contributed by atoms with E-state index in [1.165, 1.54) is 16.8 Å². The van der Waals surface area contributed by atoms with Crippen LogP contribution in [0.15, 0.2) is 17.1 Å². The van der Waals surface area contributed by atoms with Crippen molar-refractivity contribution >= 4 is 5.82 Å². The molecule has 1 fully saturated rings. The Morgan fingerprint density at radius 1 is 1.72 bits per heavy atom. The molecule has 1 saturated heterocycles. The van der Waals surface area contributed by atoms with E-state index < -0.39 is 29.7 Å². The van der Waals surface area contributed by atoms with Gasteiger partial charge in [-0.25, -0.2) is 4.79 Å². The molecule has 0 aliphatic carbocycles. The molecule has 7 heteroatoms. The van der Waals surface area contributed by atoms with E-state index in [1.54, 1.807) is 13.8 Å². The maximum Gasteiger partial charge on any atom is 0.351 e. The van der Waals surface area contributed by atoms with Crippen molar-refractivity contribution in [1.82, 2.24) is 9.55 Å². The Morgan fingerprint density at radius 2 is 2.39 bits per heavy atom. The second-order valence-corrected chi connectivity index (χ2v) is 4.71. The lowest BCUT2D eigenvalue weighted by atomic mass is 10.1. The zero-order valence-electron chi connectivity index (χ0n) is 10.3. The summed E-state index contributed by atoms with van der Waals surface area (Å²) in [6, 6.07) is 1.46. The maximum absolute atomic E-state index is 11.8. The minimum absolute atomic E-state index is 0.111. The van der Waals surface area contributed by atoms with Gasteiger partial charge in [0.25, 0.3) is 0 Å². The summed E-state index contributed by atoms with van der Waals surface area (Å²) in [5.74, 6) is 0.111. The van der Waals surface area contributed by atoms with Gasteiger partial charge in [-0.2, -0.15) is 4.98 Å². The molecular formula is C11H17N3O4. The molecule has 1 aliphatic heterocycles. The first-order valence-electron chi connectivity index (χ1n) is 5.74. The molecule has 0 amide bonds. The number of rotatable bonds is 2. The van der Waals surface area contributed by atoms with Crippen molar-refractivity contribution in [3.63, 3.8) is 0 Å². The molecule has 18 heavy (non-hydrogen) atoms. The first-order valence-corrected chi connectivity index (χ1v) is 5.74. The van der Waals surface area contributed by atoms with E-state index in [9.17, 15) is 15.0 Å². The quantitative estimate of drug-likeness (QED) is 0.627. The highest BCUT2D eigenvalue weighted by molar-refractivity contribution is 5.24. The Bertz CT molecular complexity index is 501. The second-order valence-electron chi connectivity index (χ2n) is 4.71. The van der Waals surface area contributed by atoms with Crippen molar-refractivity contribution in [1.29, 1.82) is 0 Å². The number of aliphatic hydroxyl groups excluding tert-OH is 2. The third-order valence-corrected chi connectivity index (χ3v) is 3.31. The van der Waals surface area contributed by atoms with Gasteiger partial charge < -0.3 is 20.7 Å². The average molecular weight is 255 g/mol. The minimum atomic E-state index is -1.24. The van der Waals surface area contributed by atoms with E-state index >= 15 is 0 Å². The van der Waals surface area contributed by atoms with Crippen LogP contribution in [0.5, 0.6) is 0 Å². The average Bonchev–Trinajstić information content (AvgIpc) is 2.56. The van der Waals surface area contributed by atoms with Crippen molar-refractivity contribution in [3.05, 3.63) is 22.7 Å². The van der Waals surface area contributed by atoms with Gasteiger partial charge in [-0.15, -0.1) is 0 Å². The van der Waals surface area contributed by atoms with Crippen LogP contribution in [-0.4, -0.2) is 38.1 Å². The molecule has 4 atom stereocenters. The highest BCUT2D eigenvalue weighted by Gasteiger charge is 2.47. The van der Waals surface area contributed by atoms with Gasteiger partial charge in [0.2, 0.25) is 0 Å². The van der Waals surface area contributed by atoms with Crippen LogP contribution in [0, 0.1) is 0 Å². The van der Waals surface area contributed by atoms with Crippen molar-refractivity contribution in [3.8, 4) is 0 Å². The van der Waals surface area contributed by atoms with E-state index in [2.05, 4.69) is 4.98 Å². The summed E-state index contributed by atoms with van der Waals surface area (Å²) in [4.78, 5) is 15.4. The first kappa shape index (κ1) is 13.0. The van der Waals surface area contributed by atoms with Gasteiger partial charge in [-0.1, -0.05) is 0 Å². The van der Waals surface area contributed by atoms with Crippen LogP contribution >= 0.6 is 0 Å². The lowest BCUT2D eigenvalue weighted by Gasteiger charge is -2.30. The number of ether oxygens (including phenoxy) is 1. The van der Waals surface area contributed by atoms with Gasteiger partial charge in [0, 0.05) is 12.6 Å². The lowest BCUT2D eigenvalue weighted by Crippen LogP contribution is -2.46. The van der Waals surface area contributed by atoms with Crippen molar-refractivity contribution in [2.24, 2.45) is 0 Å². The number of nitrogen functional groups attached to an aromatic ring is 1. The van der Waals surface area contributed by atoms with Crippen LogP contribution in [0.4, 0.5) is 5.82 Å². The van der Waals surface area contributed by atoms with E-state index in [4.69, 9.17) is 10.5 Å². The molecule has 0 radical (unpaired) electrons. The lowest BCUT2D eigenvalue weighted by molar-refractivity contribution is -0.148. The summed E-state index contributed by atoms with van der Waals surface area (Å²) in [5.41, 5.74) is 3.58. The smallest absolute Gasteiger partial charge is 0.351 e. The molecule has 4 N–H and O–H groups in total. The molecule has 100 valence electrons. The molecule has 4 unspecified atom stereocenters. The Balaban J connectivity index is 2.40. The van der Waals surface area contributed by atoms with Crippen LogP contribution in [0.1, 0.15) is 20.3 Å².